The maximum atomic E-state index is 12.6. The Morgan fingerprint density at radius 2 is 2.11 bits per heavy atom. The van der Waals surface area contributed by atoms with Crippen molar-refractivity contribution in [2.45, 2.75) is 31.1 Å². The van der Waals surface area contributed by atoms with Crippen LogP contribution >= 0.6 is 15.9 Å². The molecule has 19 heavy (non-hydrogen) atoms. The molecular weight excluding hydrogens is 328 g/mol. The highest BCUT2D eigenvalue weighted by molar-refractivity contribution is 9.10. The van der Waals surface area contributed by atoms with E-state index in [1.165, 1.54) is 0 Å². The van der Waals surface area contributed by atoms with E-state index in [0.717, 1.165) is 19.3 Å². The van der Waals surface area contributed by atoms with Crippen LogP contribution in [0.1, 0.15) is 26.2 Å². The molecule has 0 atom stereocenters. The van der Waals surface area contributed by atoms with Gasteiger partial charge in [-0.2, -0.15) is 4.31 Å². The molecule has 0 aliphatic heterocycles. The zero-order chi connectivity index (χ0) is 14.0. The molecule has 0 unspecified atom stereocenters. The summed E-state index contributed by atoms with van der Waals surface area (Å²) in [5.41, 5.74) is 6.25. The van der Waals surface area contributed by atoms with Crippen molar-refractivity contribution in [3.63, 3.8) is 0 Å². The van der Waals surface area contributed by atoms with Crippen LogP contribution in [0.4, 0.5) is 5.69 Å². The summed E-state index contributed by atoms with van der Waals surface area (Å²) in [7, 11) is -3.41. The normalized spacial score (nSPS) is 15.9. The summed E-state index contributed by atoms with van der Waals surface area (Å²) in [6.45, 7) is 3.20. The molecule has 1 fully saturated rings. The fourth-order valence-electron chi connectivity index (χ4n) is 1.96. The first-order valence-electron chi connectivity index (χ1n) is 6.50. The molecule has 0 radical (unpaired) electrons. The molecule has 1 aromatic rings. The van der Waals surface area contributed by atoms with Gasteiger partial charge in [-0.15, -0.1) is 0 Å². The van der Waals surface area contributed by atoms with Gasteiger partial charge in [0.25, 0.3) is 0 Å². The van der Waals surface area contributed by atoms with E-state index in [-0.39, 0.29) is 0 Å². The third-order valence-corrected chi connectivity index (χ3v) is 5.79. The number of benzene rings is 1. The second kappa shape index (κ2) is 5.81. The minimum Gasteiger partial charge on any atom is -0.398 e. The van der Waals surface area contributed by atoms with Gasteiger partial charge in [0, 0.05) is 23.2 Å². The summed E-state index contributed by atoms with van der Waals surface area (Å²) >= 11 is 3.28. The van der Waals surface area contributed by atoms with Gasteiger partial charge in [-0.3, -0.25) is 0 Å². The van der Waals surface area contributed by atoms with Crippen LogP contribution in [-0.2, 0) is 10.0 Å². The second-order valence-electron chi connectivity index (χ2n) is 4.99. The summed E-state index contributed by atoms with van der Waals surface area (Å²) in [4.78, 5) is 0.308. The van der Waals surface area contributed by atoms with Gasteiger partial charge in [-0.1, -0.05) is 6.92 Å². The molecule has 1 aromatic carbocycles. The molecule has 2 N–H and O–H groups in total. The highest BCUT2D eigenvalue weighted by atomic mass is 79.9. The van der Waals surface area contributed by atoms with Crippen molar-refractivity contribution in [3.05, 3.63) is 22.7 Å². The molecule has 1 saturated carbocycles. The standard InChI is InChI=1S/C13H19BrN2O2S/c1-2-7-16(9-10-3-4-10)19(17,18)11-5-6-13(15)12(14)8-11/h5-6,8,10H,2-4,7,9,15H2,1H3. The number of nitrogens with two attached hydrogens (primary N) is 1. The summed E-state index contributed by atoms with van der Waals surface area (Å²) < 4.78 is 27.4. The third-order valence-electron chi connectivity index (χ3n) is 3.24. The average Bonchev–Trinajstić information content (AvgIpc) is 3.16. The van der Waals surface area contributed by atoms with Gasteiger partial charge >= 0.3 is 0 Å². The third kappa shape index (κ3) is 3.49. The van der Waals surface area contributed by atoms with Crippen molar-refractivity contribution in [3.8, 4) is 0 Å². The molecular formula is C13H19BrN2O2S. The number of halogens is 1. The number of hydrogen-bond donors (Lipinski definition) is 1. The maximum Gasteiger partial charge on any atom is 0.243 e. The highest BCUT2D eigenvalue weighted by Crippen LogP contribution is 2.32. The zero-order valence-corrected chi connectivity index (χ0v) is 13.4. The smallest absolute Gasteiger partial charge is 0.243 e. The molecule has 6 heteroatoms. The predicted molar refractivity (Wildman–Crippen MR) is 80.3 cm³/mol. The molecule has 0 amide bonds. The minimum atomic E-state index is -3.41. The molecule has 1 aliphatic carbocycles. The van der Waals surface area contributed by atoms with Crippen LogP contribution in [0.15, 0.2) is 27.6 Å². The lowest BCUT2D eigenvalue weighted by molar-refractivity contribution is 0.395. The largest absolute Gasteiger partial charge is 0.398 e. The Kier molecular flexibility index (Phi) is 4.53. The summed E-state index contributed by atoms with van der Waals surface area (Å²) in [6.07, 6.45) is 3.10. The van der Waals surface area contributed by atoms with Crippen molar-refractivity contribution in [1.82, 2.24) is 4.31 Å². The lowest BCUT2D eigenvalue weighted by Crippen LogP contribution is -2.33. The minimum absolute atomic E-state index is 0.308. The molecule has 4 nitrogen and oxygen atoms in total. The van der Waals surface area contributed by atoms with Gasteiger partial charge < -0.3 is 5.73 Å². The quantitative estimate of drug-likeness (QED) is 0.805. The zero-order valence-electron chi connectivity index (χ0n) is 11.0. The Morgan fingerprint density at radius 3 is 2.63 bits per heavy atom. The predicted octanol–water partition coefficient (Wildman–Crippen LogP) is 2.84. The molecule has 1 aliphatic rings. The fourth-order valence-corrected chi connectivity index (χ4v) is 4.13. The molecule has 0 saturated heterocycles. The van der Waals surface area contributed by atoms with Gasteiger partial charge in [0.2, 0.25) is 10.0 Å². The van der Waals surface area contributed by atoms with Gasteiger partial charge in [0.1, 0.15) is 0 Å². The lowest BCUT2D eigenvalue weighted by atomic mass is 10.3. The Balaban J connectivity index is 2.28. The molecule has 106 valence electrons. The van der Waals surface area contributed by atoms with Gasteiger partial charge in [0.15, 0.2) is 0 Å². The van der Waals surface area contributed by atoms with E-state index in [1.54, 1.807) is 22.5 Å². The van der Waals surface area contributed by atoms with E-state index in [1.807, 2.05) is 6.92 Å². The fraction of sp³-hybridized carbons (Fsp3) is 0.538. The van der Waals surface area contributed by atoms with E-state index < -0.39 is 10.0 Å². The van der Waals surface area contributed by atoms with Crippen LogP contribution in [0.3, 0.4) is 0 Å². The second-order valence-corrected chi connectivity index (χ2v) is 7.78. The Bertz CT molecular complexity index is 556. The highest BCUT2D eigenvalue weighted by Gasteiger charge is 2.31. The SMILES string of the molecule is CCCN(CC1CC1)S(=O)(=O)c1ccc(N)c(Br)c1. The van der Waals surface area contributed by atoms with Gasteiger partial charge in [0.05, 0.1) is 4.90 Å². The van der Waals surface area contributed by atoms with Gasteiger partial charge in [-0.25, -0.2) is 8.42 Å². The Morgan fingerprint density at radius 1 is 1.42 bits per heavy atom. The first-order valence-corrected chi connectivity index (χ1v) is 8.73. The van der Waals surface area contributed by atoms with Crippen molar-refractivity contribution >= 4 is 31.6 Å². The first-order chi connectivity index (χ1) is 8.95. The number of nitrogen functional groups attached to an aromatic ring is 1. The van der Waals surface area contributed by atoms with Crippen molar-refractivity contribution in [2.24, 2.45) is 5.92 Å². The van der Waals surface area contributed by atoms with Crippen LogP contribution in [0.25, 0.3) is 0 Å². The topological polar surface area (TPSA) is 63.4 Å². The van der Waals surface area contributed by atoms with Crippen LogP contribution < -0.4 is 5.73 Å². The summed E-state index contributed by atoms with van der Waals surface area (Å²) in [5, 5.41) is 0. The van der Waals surface area contributed by atoms with E-state index >= 15 is 0 Å². The van der Waals surface area contributed by atoms with Crippen LogP contribution in [-0.4, -0.2) is 25.8 Å². The summed E-state index contributed by atoms with van der Waals surface area (Å²) in [6, 6.07) is 4.78. The molecule has 2 rings (SSSR count). The van der Waals surface area contributed by atoms with Crippen molar-refractivity contribution in [1.29, 1.82) is 0 Å². The first kappa shape index (κ1) is 14.8. The maximum absolute atomic E-state index is 12.6. The van der Waals surface area contributed by atoms with E-state index in [2.05, 4.69) is 15.9 Å². The van der Waals surface area contributed by atoms with E-state index in [0.29, 0.717) is 34.1 Å². The van der Waals surface area contributed by atoms with Crippen molar-refractivity contribution in [2.75, 3.05) is 18.8 Å². The monoisotopic (exact) mass is 346 g/mol. The van der Waals surface area contributed by atoms with Gasteiger partial charge in [-0.05, 0) is 59.3 Å². The molecule has 0 aromatic heterocycles. The summed E-state index contributed by atoms with van der Waals surface area (Å²) in [5.74, 6) is 0.540. The number of rotatable bonds is 6. The molecule has 0 spiro atoms. The average molecular weight is 347 g/mol. The number of hydrogen-bond acceptors (Lipinski definition) is 3. The Hall–Kier alpha value is -0.590. The Labute approximate surface area is 123 Å². The van der Waals surface area contributed by atoms with Crippen LogP contribution in [0.5, 0.6) is 0 Å². The molecule has 0 heterocycles. The number of sulfonamides is 1. The van der Waals surface area contributed by atoms with Crippen LogP contribution in [0, 0.1) is 5.92 Å². The lowest BCUT2D eigenvalue weighted by Gasteiger charge is -2.21. The number of nitrogens with zero attached hydrogens (tertiary/aromatic N) is 1. The molecule has 0 bridgehead atoms. The number of anilines is 1. The van der Waals surface area contributed by atoms with E-state index in [4.69, 9.17) is 5.73 Å². The van der Waals surface area contributed by atoms with E-state index in [9.17, 15) is 8.42 Å². The van der Waals surface area contributed by atoms with Crippen LogP contribution in [0.2, 0.25) is 0 Å². The van der Waals surface area contributed by atoms with Crippen molar-refractivity contribution < 1.29 is 8.42 Å².